The minimum absolute atomic E-state index is 0. The molecule has 1 amide bonds. The van der Waals surface area contributed by atoms with Crippen molar-refractivity contribution in [3.63, 3.8) is 0 Å². The monoisotopic (exact) mass is 334 g/mol. The van der Waals surface area contributed by atoms with Gasteiger partial charge in [0.15, 0.2) is 0 Å². The molecule has 2 aliphatic rings. The third kappa shape index (κ3) is 3.28. The summed E-state index contributed by atoms with van der Waals surface area (Å²) in [6.07, 6.45) is 1.72. The molecule has 1 heterocycles. The molecule has 3 unspecified atom stereocenters. The third-order valence-corrected chi connectivity index (χ3v) is 5.34. The van der Waals surface area contributed by atoms with Gasteiger partial charge >= 0.3 is 0 Å². The molecular weight excluding hydrogens is 304 g/mol. The van der Waals surface area contributed by atoms with Crippen LogP contribution in [0.3, 0.4) is 0 Å². The lowest BCUT2D eigenvalue weighted by Crippen LogP contribution is -2.75. The minimum atomic E-state index is -0.784. The Morgan fingerprint density at radius 3 is 2.55 bits per heavy atom. The summed E-state index contributed by atoms with van der Waals surface area (Å²) in [5, 5.41) is 0. The van der Waals surface area contributed by atoms with Crippen LogP contribution < -0.4 is 5.73 Å². The SMILES string of the molecule is CCOCC1CCN(C(=O)C2(N)CC(OCC)C2(C)C)C1.Cl. The van der Waals surface area contributed by atoms with Crippen LogP contribution in [-0.2, 0) is 14.3 Å². The molecule has 2 rings (SSSR count). The number of nitrogens with two attached hydrogens (primary N) is 1. The van der Waals surface area contributed by atoms with Crippen molar-refractivity contribution in [3.05, 3.63) is 0 Å². The van der Waals surface area contributed by atoms with Gasteiger partial charge in [-0.2, -0.15) is 0 Å². The first-order chi connectivity index (χ1) is 9.86. The van der Waals surface area contributed by atoms with Gasteiger partial charge in [0, 0.05) is 44.1 Å². The van der Waals surface area contributed by atoms with E-state index in [9.17, 15) is 4.79 Å². The number of amides is 1. The van der Waals surface area contributed by atoms with E-state index in [0.717, 1.165) is 32.7 Å². The number of nitrogens with zero attached hydrogens (tertiary/aromatic N) is 1. The number of carbonyl (C=O) groups excluding carboxylic acids is 1. The van der Waals surface area contributed by atoms with Gasteiger partial charge in [0.25, 0.3) is 0 Å². The first-order valence-electron chi connectivity index (χ1n) is 8.14. The Morgan fingerprint density at radius 2 is 2.00 bits per heavy atom. The number of hydrogen-bond acceptors (Lipinski definition) is 4. The number of likely N-dealkylation sites (tertiary alicyclic amines) is 1. The number of hydrogen-bond donors (Lipinski definition) is 1. The first-order valence-corrected chi connectivity index (χ1v) is 8.14. The highest BCUT2D eigenvalue weighted by molar-refractivity contribution is 5.89. The van der Waals surface area contributed by atoms with E-state index in [1.807, 2.05) is 32.6 Å². The van der Waals surface area contributed by atoms with Gasteiger partial charge in [0.05, 0.1) is 12.7 Å². The Kier molecular flexibility index (Phi) is 6.69. The van der Waals surface area contributed by atoms with Crippen LogP contribution in [-0.4, -0.2) is 55.4 Å². The molecule has 1 saturated carbocycles. The molecule has 0 aromatic carbocycles. The van der Waals surface area contributed by atoms with Gasteiger partial charge in [-0.1, -0.05) is 13.8 Å². The average Bonchev–Trinajstić information content (AvgIpc) is 2.92. The fraction of sp³-hybridized carbons (Fsp3) is 0.938. The van der Waals surface area contributed by atoms with Crippen molar-refractivity contribution in [3.8, 4) is 0 Å². The minimum Gasteiger partial charge on any atom is -0.381 e. The van der Waals surface area contributed by atoms with E-state index in [0.29, 0.717) is 18.9 Å². The molecule has 0 spiro atoms. The van der Waals surface area contributed by atoms with E-state index in [-0.39, 0.29) is 29.8 Å². The number of halogens is 1. The van der Waals surface area contributed by atoms with Gasteiger partial charge in [-0.25, -0.2) is 0 Å². The predicted molar refractivity (Wildman–Crippen MR) is 89.2 cm³/mol. The molecule has 0 aromatic heterocycles. The molecule has 2 fully saturated rings. The lowest BCUT2D eigenvalue weighted by Gasteiger charge is -2.58. The fourth-order valence-corrected chi connectivity index (χ4v) is 3.52. The zero-order chi connectivity index (χ0) is 15.7. The quantitative estimate of drug-likeness (QED) is 0.804. The van der Waals surface area contributed by atoms with Crippen LogP contribution in [0, 0.1) is 11.3 Å². The van der Waals surface area contributed by atoms with E-state index < -0.39 is 5.54 Å². The Hall–Kier alpha value is -0.360. The molecule has 0 bridgehead atoms. The molecule has 1 aliphatic heterocycles. The zero-order valence-corrected chi connectivity index (χ0v) is 15.1. The maximum atomic E-state index is 12.8. The molecule has 6 heteroatoms. The largest absolute Gasteiger partial charge is 0.381 e. The number of carbonyl (C=O) groups is 1. The highest BCUT2D eigenvalue weighted by Gasteiger charge is 2.64. The third-order valence-electron chi connectivity index (χ3n) is 5.34. The number of rotatable bonds is 6. The lowest BCUT2D eigenvalue weighted by molar-refractivity contribution is -0.178. The molecule has 1 aliphatic carbocycles. The molecule has 0 radical (unpaired) electrons. The van der Waals surface area contributed by atoms with Crippen LogP contribution in [0.2, 0.25) is 0 Å². The maximum Gasteiger partial charge on any atom is 0.243 e. The maximum absolute atomic E-state index is 12.8. The summed E-state index contributed by atoms with van der Waals surface area (Å²) < 4.78 is 11.2. The highest BCUT2D eigenvalue weighted by Crippen LogP contribution is 2.50. The molecule has 1 saturated heterocycles. The summed E-state index contributed by atoms with van der Waals surface area (Å²) in [5.41, 5.74) is 5.38. The second-order valence-corrected chi connectivity index (χ2v) is 6.91. The van der Waals surface area contributed by atoms with Crippen molar-refractivity contribution in [1.29, 1.82) is 0 Å². The Morgan fingerprint density at radius 1 is 1.32 bits per heavy atom. The van der Waals surface area contributed by atoms with Crippen LogP contribution >= 0.6 is 12.4 Å². The van der Waals surface area contributed by atoms with Gasteiger partial charge in [-0.15, -0.1) is 12.4 Å². The Labute approximate surface area is 140 Å². The van der Waals surface area contributed by atoms with E-state index in [1.165, 1.54) is 0 Å². The lowest BCUT2D eigenvalue weighted by atomic mass is 9.54. The second kappa shape index (κ2) is 7.47. The van der Waals surface area contributed by atoms with Crippen LogP contribution in [0.4, 0.5) is 0 Å². The normalized spacial score (nSPS) is 33.2. The van der Waals surface area contributed by atoms with Crippen molar-refractivity contribution in [2.75, 3.05) is 32.9 Å². The molecule has 5 nitrogen and oxygen atoms in total. The summed E-state index contributed by atoms with van der Waals surface area (Å²) in [6.45, 7) is 11.8. The van der Waals surface area contributed by atoms with Crippen molar-refractivity contribution in [2.24, 2.45) is 17.1 Å². The van der Waals surface area contributed by atoms with Gasteiger partial charge in [0.1, 0.15) is 5.54 Å². The van der Waals surface area contributed by atoms with Crippen molar-refractivity contribution in [1.82, 2.24) is 4.90 Å². The van der Waals surface area contributed by atoms with Crippen LogP contribution in [0.1, 0.15) is 40.5 Å². The summed E-state index contributed by atoms with van der Waals surface area (Å²) in [4.78, 5) is 14.8. The van der Waals surface area contributed by atoms with Crippen molar-refractivity contribution >= 4 is 18.3 Å². The van der Waals surface area contributed by atoms with E-state index in [1.54, 1.807) is 0 Å². The Bertz CT molecular complexity index is 392. The highest BCUT2D eigenvalue weighted by atomic mass is 35.5. The molecule has 22 heavy (non-hydrogen) atoms. The summed E-state index contributed by atoms with van der Waals surface area (Å²) >= 11 is 0. The topological polar surface area (TPSA) is 64.8 Å². The molecule has 3 atom stereocenters. The zero-order valence-electron chi connectivity index (χ0n) is 14.3. The predicted octanol–water partition coefficient (Wildman–Crippen LogP) is 1.83. The number of ether oxygens (including phenoxy) is 2. The van der Waals surface area contributed by atoms with E-state index in [4.69, 9.17) is 15.2 Å². The van der Waals surface area contributed by atoms with Gasteiger partial charge in [-0.05, 0) is 20.3 Å². The Balaban J connectivity index is 0.00000242. The van der Waals surface area contributed by atoms with Crippen LogP contribution in [0.5, 0.6) is 0 Å². The van der Waals surface area contributed by atoms with Crippen LogP contribution in [0.15, 0.2) is 0 Å². The molecular formula is C16H31ClN2O3. The fourth-order valence-electron chi connectivity index (χ4n) is 3.52. The molecule has 0 aromatic rings. The van der Waals surface area contributed by atoms with Gasteiger partial charge in [0.2, 0.25) is 5.91 Å². The smallest absolute Gasteiger partial charge is 0.243 e. The van der Waals surface area contributed by atoms with Gasteiger partial charge in [-0.3, -0.25) is 4.79 Å². The molecule has 130 valence electrons. The van der Waals surface area contributed by atoms with Gasteiger partial charge < -0.3 is 20.1 Å². The average molecular weight is 335 g/mol. The molecule has 2 N–H and O–H groups in total. The summed E-state index contributed by atoms with van der Waals surface area (Å²) in [5.74, 6) is 0.533. The van der Waals surface area contributed by atoms with Crippen molar-refractivity contribution in [2.45, 2.75) is 52.2 Å². The first kappa shape index (κ1) is 19.7. The van der Waals surface area contributed by atoms with Crippen LogP contribution in [0.25, 0.3) is 0 Å². The van der Waals surface area contributed by atoms with E-state index >= 15 is 0 Å². The van der Waals surface area contributed by atoms with E-state index in [2.05, 4.69) is 0 Å². The van der Waals surface area contributed by atoms with Crippen molar-refractivity contribution < 1.29 is 14.3 Å². The summed E-state index contributed by atoms with van der Waals surface area (Å²) in [7, 11) is 0. The standard InChI is InChI=1S/C16H30N2O3.ClH/c1-5-20-11-12-7-8-18(10-12)14(19)16(17)9-13(21-6-2)15(16,3)4;/h12-13H,5-11,17H2,1-4H3;1H. The second-order valence-electron chi connectivity index (χ2n) is 6.91. The summed E-state index contributed by atoms with van der Waals surface area (Å²) in [6, 6.07) is 0.